The fourth-order valence-corrected chi connectivity index (χ4v) is 3.50. The number of benzene rings is 1. The first-order valence-electron chi connectivity index (χ1n) is 7.93. The Morgan fingerprint density at radius 1 is 1.21 bits per heavy atom. The second-order valence-electron chi connectivity index (χ2n) is 6.54. The Kier molecular flexibility index (Phi) is 4.42. The van der Waals surface area contributed by atoms with E-state index in [0.717, 1.165) is 44.5 Å². The number of halogens is 4. The standard InChI is InChI=1S/C16H19F4N3O/c17-13-2-1-11(9-12(13)16(18,19)20)22-14(24)23-8-5-15(10-23)3-6-21-7-4-15/h1-2,9,21H,3-8,10H2,(H,22,24). The van der Waals surface area contributed by atoms with Gasteiger partial charge in [-0.1, -0.05) is 0 Å². The van der Waals surface area contributed by atoms with Gasteiger partial charge in [-0.3, -0.25) is 0 Å². The molecule has 0 aromatic heterocycles. The summed E-state index contributed by atoms with van der Waals surface area (Å²) < 4.78 is 51.5. The molecule has 8 heteroatoms. The summed E-state index contributed by atoms with van der Waals surface area (Å²) >= 11 is 0. The van der Waals surface area contributed by atoms with Crippen LogP contribution < -0.4 is 10.6 Å². The van der Waals surface area contributed by atoms with Gasteiger partial charge in [0.25, 0.3) is 0 Å². The molecule has 2 aliphatic rings. The van der Waals surface area contributed by atoms with Gasteiger partial charge in [0.1, 0.15) is 5.82 Å². The molecule has 2 amide bonds. The van der Waals surface area contributed by atoms with Gasteiger partial charge in [0.2, 0.25) is 0 Å². The van der Waals surface area contributed by atoms with Crippen molar-refractivity contribution in [3.63, 3.8) is 0 Å². The van der Waals surface area contributed by atoms with E-state index >= 15 is 0 Å². The highest BCUT2D eigenvalue weighted by molar-refractivity contribution is 5.89. The van der Waals surface area contributed by atoms with Crippen LogP contribution in [0.25, 0.3) is 0 Å². The zero-order valence-electron chi connectivity index (χ0n) is 13.0. The van der Waals surface area contributed by atoms with Gasteiger partial charge < -0.3 is 15.5 Å². The van der Waals surface area contributed by atoms with E-state index in [9.17, 15) is 22.4 Å². The van der Waals surface area contributed by atoms with Crippen LogP contribution in [0.4, 0.5) is 28.0 Å². The van der Waals surface area contributed by atoms with Crippen molar-refractivity contribution in [1.29, 1.82) is 0 Å². The normalized spacial score (nSPS) is 20.4. The van der Waals surface area contributed by atoms with Gasteiger partial charge in [0.15, 0.2) is 0 Å². The number of piperidine rings is 1. The number of alkyl halides is 3. The van der Waals surface area contributed by atoms with Gasteiger partial charge in [0, 0.05) is 18.8 Å². The maximum atomic E-state index is 13.3. The molecule has 0 saturated carbocycles. The van der Waals surface area contributed by atoms with Crippen molar-refractivity contribution in [3.05, 3.63) is 29.6 Å². The first kappa shape index (κ1) is 17.0. The molecule has 2 saturated heterocycles. The Morgan fingerprint density at radius 2 is 1.92 bits per heavy atom. The minimum absolute atomic E-state index is 0.0556. The van der Waals surface area contributed by atoms with Crippen LogP contribution in [0.5, 0.6) is 0 Å². The van der Waals surface area contributed by atoms with Crippen LogP contribution in [0.2, 0.25) is 0 Å². The van der Waals surface area contributed by atoms with Crippen LogP contribution >= 0.6 is 0 Å². The van der Waals surface area contributed by atoms with E-state index in [0.29, 0.717) is 19.2 Å². The number of nitrogens with one attached hydrogen (secondary N) is 2. The highest BCUT2D eigenvalue weighted by Crippen LogP contribution is 2.39. The molecule has 3 rings (SSSR count). The van der Waals surface area contributed by atoms with Gasteiger partial charge in [-0.25, -0.2) is 9.18 Å². The number of anilines is 1. The van der Waals surface area contributed by atoms with E-state index in [1.807, 2.05) is 0 Å². The van der Waals surface area contributed by atoms with E-state index in [1.165, 1.54) is 0 Å². The molecule has 1 spiro atoms. The molecule has 24 heavy (non-hydrogen) atoms. The van der Waals surface area contributed by atoms with E-state index < -0.39 is 23.6 Å². The van der Waals surface area contributed by atoms with E-state index in [2.05, 4.69) is 10.6 Å². The minimum atomic E-state index is -4.79. The number of amides is 2. The Labute approximate surface area is 137 Å². The summed E-state index contributed by atoms with van der Waals surface area (Å²) in [6.45, 7) is 3.03. The van der Waals surface area contributed by atoms with Crippen molar-refractivity contribution < 1.29 is 22.4 Å². The summed E-state index contributed by atoms with van der Waals surface area (Å²) in [5.41, 5.74) is -1.32. The molecule has 2 heterocycles. The maximum Gasteiger partial charge on any atom is 0.419 e. The molecular formula is C16H19F4N3O. The Bertz CT molecular complexity index is 626. The van der Waals surface area contributed by atoms with Gasteiger partial charge >= 0.3 is 12.2 Å². The molecule has 132 valence electrons. The first-order valence-corrected chi connectivity index (χ1v) is 7.93. The monoisotopic (exact) mass is 345 g/mol. The van der Waals surface area contributed by atoms with Crippen molar-refractivity contribution in [1.82, 2.24) is 10.2 Å². The van der Waals surface area contributed by atoms with Crippen molar-refractivity contribution in [2.45, 2.75) is 25.4 Å². The largest absolute Gasteiger partial charge is 0.419 e. The summed E-state index contributed by atoms with van der Waals surface area (Å²) in [6.07, 6.45) is -1.91. The smallest absolute Gasteiger partial charge is 0.324 e. The number of nitrogens with zero attached hydrogens (tertiary/aromatic N) is 1. The second-order valence-corrected chi connectivity index (χ2v) is 6.54. The summed E-state index contributed by atoms with van der Waals surface area (Å²) in [7, 11) is 0. The summed E-state index contributed by atoms with van der Waals surface area (Å²) in [4.78, 5) is 13.9. The number of carbonyl (C=O) groups is 1. The highest BCUT2D eigenvalue weighted by Gasteiger charge is 2.40. The van der Waals surface area contributed by atoms with Gasteiger partial charge in [0.05, 0.1) is 5.56 Å². The number of hydrogen-bond acceptors (Lipinski definition) is 2. The van der Waals surface area contributed by atoms with Gasteiger partial charge in [-0.2, -0.15) is 13.2 Å². The third-order valence-corrected chi connectivity index (χ3v) is 4.91. The number of likely N-dealkylation sites (tertiary alicyclic amines) is 1. The van der Waals surface area contributed by atoms with E-state index in [4.69, 9.17) is 0 Å². The van der Waals surface area contributed by atoms with Crippen molar-refractivity contribution in [3.8, 4) is 0 Å². The molecule has 2 fully saturated rings. The lowest BCUT2D eigenvalue weighted by Crippen LogP contribution is -2.40. The van der Waals surface area contributed by atoms with Crippen LogP contribution in [0.15, 0.2) is 18.2 Å². The summed E-state index contributed by atoms with van der Waals surface area (Å²) in [5, 5.41) is 5.73. The summed E-state index contributed by atoms with van der Waals surface area (Å²) in [5.74, 6) is -1.35. The Balaban J connectivity index is 1.67. The molecule has 2 N–H and O–H groups in total. The number of hydrogen-bond donors (Lipinski definition) is 2. The van der Waals surface area contributed by atoms with Crippen molar-refractivity contribution in [2.75, 3.05) is 31.5 Å². The van der Waals surface area contributed by atoms with E-state index in [-0.39, 0.29) is 11.1 Å². The maximum absolute atomic E-state index is 13.3. The molecular weight excluding hydrogens is 326 g/mol. The van der Waals surface area contributed by atoms with Crippen molar-refractivity contribution >= 4 is 11.7 Å². The Morgan fingerprint density at radius 3 is 2.58 bits per heavy atom. The topological polar surface area (TPSA) is 44.4 Å². The van der Waals surface area contributed by atoms with Crippen LogP contribution in [0.3, 0.4) is 0 Å². The molecule has 0 unspecified atom stereocenters. The fraction of sp³-hybridized carbons (Fsp3) is 0.562. The van der Waals surface area contributed by atoms with Gasteiger partial charge in [-0.15, -0.1) is 0 Å². The molecule has 1 aromatic carbocycles. The van der Waals surface area contributed by atoms with Crippen LogP contribution in [-0.2, 0) is 6.18 Å². The summed E-state index contributed by atoms with van der Waals surface area (Å²) in [6, 6.07) is 2.05. The quantitative estimate of drug-likeness (QED) is 0.766. The minimum Gasteiger partial charge on any atom is -0.324 e. The molecule has 2 aliphatic heterocycles. The SMILES string of the molecule is O=C(Nc1ccc(F)c(C(F)(F)F)c1)N1CCC2(CCNCC2)C1. The third-order valence-electron chi connectivity index (χ3n) is 4.91. The van der Waals surface area contributed by atoms with Crippen molar-refractivity contribution in [2.24, 2.45) is 5.41 Å². The predicted molar refractivity (Wildman–Crippen MR) is 81.1 cm³/mol. The Hall–Kier alpha value is -1.83. The molecule has 0 bridgehead atoms. The number of rotatable bonds is 1. The predicted octanol–water partition coefficient (Wildman–Crippen LogP) is 3.45. The third kappa shape index (κ3) is 3.48. The average Bonchev–Trinajstić information content (AvgIpc) is 2.92. The number of carbonyl (C=O) groups excluding carboxylic acids is 1. The highest BCUT2D eigenvalue weighted by atomic mass is 19.4. The zero-order chi connectivity index (χ0) is 17.4. The molecule has 0 aliphatic carbocycles. The first-order chi connectivity index (χ1) is 11.3. The van der Waals surface area contributed by atoms with Crippen LogP contribution in [0.1, 0.15) is 24.8 Å². The number of urea groups is 1. The molecule has 1 aromatic rings. The average molecular weight is 345 g/mol. The zero-order valence-corrected chi connectivity index (χ0v) is 13.0. The van der Waals surface area contributed by atoms with Gasteiger partial charge in [-0.05, 0) is 56.0 Å². The molecule has 0 radical (unpaired) electrons. The van der Waals surface area contributed by atoms with Crippen LogP contribution in [0, 0.1) is 11.2 Å². The fourth-order valence-electron chi connectivity index (χ4n) is 3.50. The molecule has 4 nitrogen and oxygen atoms in total. The van der Waals surface area contributed by atoms with E-state index in [1.54, 1.807) is 4.90 Å². The lowest BCUT2D eigenvalue weighted by Gasteiger charge is -2.33. The van der Waals surface area contributed by atoms with Crippen LogP contribution in [-0.4, -0.2) is 37.1 Å². The lowest BCUT2D eigenvalue weighted by molar-refractivity contribution is -0.139. The second kappa shape index (κ2) is 6.23. The lowest BCUT2D eigenvalue weighted by atomic mass is 9.78. The molecule has 0 atom stereocenters.